The predicted molar refractivity (Wildman–Crippen MR) is 103 cm³/mol. The summed E-state index contributed by atoms with van der Waals surface area (Å²) >= 11 is 0. The van der Waals surface area contributed by atoms with Crippen LogP contribution in [0.15, 0.2) is 12.2 Å². The van der Waals surface area contributed by atoms with Gasteiger partial charge in [0.1, 0.15) is 0 Å². The predicted octanol–water partition coefficient (Wildman–Crippen LogP) is 6.62. The number of allylic oxidation sites excluding steroid dienone is 2. The molecule has 0 N–H and O–H groups in total. The van der Waals surface area contributed by atoms with Crippen molar-refractivity contribution in [2.24, 2.45) is 0 Å². The molecular formula is C21H42O3. The van der Waals surface area contributed by atoms with E-state index in [1.54, 1.807) is 21.3 Å². The molecule has 0 aliphatic rings. The van der Waals surface area contributed by atoms with E-state index in [4.69, 9.17) is 14.2 Å². The summed E-state index contributed by atoms with van der Waals surface area (Å²) in [6, 6.07) is 0. The first kappa shape index (κ1) is 23.6. The van der Waals surface area contributed by atoms with Crippen LogP contribution in [0.4, 0.5) is 0 Å². The Labute approximate surface area is 151 Å². The molecule has 0 bridgehead atoms. The van der Waals surface area contributed by atoms with Gasteiger partial charge in [0.05, 0.1) is 0 Å². The molecule has 0 saturated carbocycles. The van der Waals surface area contributed by atoms with Crippen LogP contribution in [-0.2, 0) is 14.2 Å². The van der Waals surface area contributed by atoms with Crippen molar-refractivity contribution in [2.75, 3.05) is 21.3 Å². The Morgan fingerprint density at radius 2 is 1.00 bits per heavy atom. The van der Waals surface area contributed by atoms with Crippen molar-refractivity contribution in [1.82, 2.24) is 0 Å². The number of hydrogen-bond donors (Lipinski definition) is 0. The summed E-state index contributed by atoms with van der Waals surface area (Å²) in [5.74, 6) is -0.844. The lowest BCUT2D eigenvalue weighted by Crippen LogP contribution is -2.35. The van der Waals surface area contributed by atoms with Gasteiger partial charge >= 0.3 is 0 Å². The molecule has 0 spiro atoms. The molecule has 0 radical (unpaired) electrons. The third kappa shape index (κ3) is 13.0. The summed E-state index contributed by atoms with van der Waals surface area (Å²) in [4.78, 5) is 0. The average Bonchev–Trinajstić information content (AvgIpc) is 2.62. The molecule has 0 heterocycles. The molecule has 24 heavy (non-hydrogen) atoms. The van der Waals surface area contributed by atoms with Crippen molar-refractivity contribution in [1.29, 1.82) is 0 Å². The van der Waals surface area contributed by atoms with Crippen LogP contribution in [0.1, 0.15) is 96.8 Å². The first-order valence-electron chi connectivity index (χ1n) is 10.0. The van der Waals surface area contributed by atoms with Crippen LogP contribution in [0.2, 0.25) is 0 Å². The van der Waals surface area contributed by atoms with Gasteiger partial charge in [-0.05, 0) is 32.1 Å². The highest BCUT2D eigenvalue weighted by atomic mass is 16.9. The minimum Gasteiger partial charge on any atom is -0.331 e. The number of unbranched alkanes of at least 4 members (excludes halogenated alkanes) is 11. The summed E-state index contributed by atoms with van der Waals surface area (Å²) in [5, 5.41) is 0. The standard InChI is InChI=1S/C21H42O3/c1-5-6-7-8-9-10-11-12-13-14-15-16-17-18-19-20-21(22-2,23-3)24-4/h10-11H,5-9,12-20H2,1-4H3. The molecule has 0 aromatic rings. The highest BCUT2D eigenvalue weighted by Crippen LogP contribution is 2.21. The van der Waals surface area contributed by atoms with Crippen LogP contribution < -0.4 is 0 Å². The highest BCUT2D eigenvalue weighted by Gasteiger charge is 2.28. The Kier molecular flexibility index (Phi) is 17.2. The smallest absolute Gasteiger partial charge is 0.282 e. The third-order valence-electron chi connectivity index (χ3n) is 4.68. The van der Waals surface area contributed by atoms with Gasteiger partial charge in [0, 0.05) is 27.8 Å². The summed E-state index contributed by atoms with van der Waals surface area (Å²) in [7, 11) is 4.89. The molecule has 3 heteroatoms. The van der Waals surface area contributed by atoms with E-state index in [1.807, 2.05) is 0 Å². The summed E-state index contributed by atoms with van der Waals surface area (Å²) < 4.78 is 15.9. The Morgan fingerprint density at radius 3 is 1.46 bits per heavy atom. The second kappa shape index (κ2) is 17.4. The Bertz CT molecular complexity index is 264. The van der Waals surface area contributed by atoms with E-state index in [0.29, 0.717) is 0 Å². The van der Waals surface area contributed by atoms with Crippen molar-refractivity contribution in [3.8, 4) is 0 Å². The minimum atomic E-state index is -0.844. The van der Waals surface area contributed by atoms with Gasteiger partial charge < -0.3 is 14.2 Å². The van der Waals surface area contributed by atoms with Crippen LogP contribution in [0, 0.1) is 0 Å². The maximum absolute atomic E-state index is 5.30. The third-order valence-corrected chi connectivity index (χ3v) is 4.68. The zero-order chi connectivity index (χ0) is 17.9. The van der Waals surface area contributed by atoms with Gasteiger partial charge in [-0.1, -0.05) is 70.4 Å². The molecule has 0 amide bonds. The van der Waals surface area contributed by atoms with Crippen molar-refractivity contribution >= 4 is 0 Å². The lowest BCUT2D eigenvalue weighted by molar-refractivity contribution is -0.355. The maximum Gasteiger partial charge on any atom is 0.282 e. The second-order valence-electron chi connectivity index (χ2n) is 6.63. The minimum absolute atomic E-state index is 0.791. The molecule has 0 aliphatic carbocycles. The zero-order valence-electron chi connectivity index (χ0n) is 16.8. The fraction of sp³-hybridized carbons (Fsp3) is 0.905. The SMILES string of the molecule is CCCCCCC=CCCCCCCCCCC(OC)(OC)OC. The number of methoxy groups -OCH3 is 3. The zero-order valence-corrected chi connectivity index (χ0v) is 16.8. The lowest BCUT2D eigenvalue weighted by Gasteiger charge is -2.28. The van der Waals surface area contributed by atoms with Crippen LogP contribution >= 0.6 is 0 Å². The number of rotatable bonds is 18. The molecule has 3 nitrogen and oxygen atoms in total. The molecule has 0 unspecified atom stereocenters. The van der Waals surface area contributed by atoms with Crippen LogP contribution in [0.3, 0.4) is 0 Å². The molecule has 0 rings (SSSR count). The largest absolute Gasteiger partial charge is 0.331 e. The van der Waals surface area contributed by atoms with E-state index in [1.165, 1.54) is 77.0 Å². The van der Waals surface area contributed by atoms with E-state index in [-0.39, 0.29) is 0 Å². The normalized spacial score (nSPS) is 12.3. The lowest BCUT2D eigenvalue weighted by atomic mass is 10.1. The molecule has 0 saturated heterocycles. The van der Waals surface area contributed by atoms with Gasteiger partial charge in [-0.15, -0.1) is 0 Å². The van der Waals surface area contributed by atoms with Crippen LogP contribution in [-0.4, -0.2) is 27.3 Å². The van der Waals surface area contributed by atoms with E-state index in [2.05, 4.69) is 19.1 Å². The number of ether oxygens (including phenoxy) is 3. The first-order valence-corrected chi connectivity index (χ1v) is 10.0. The van der Waals surface area contributed by atoms with Crippen molar-refractivity contribution in [2.45, 2.75) is 103 Å². The first-order chi connectivity index (χ1) is 11.7. The Morgan fingerprint density at radius 1 is 0.583 bits per heavy atom. The van der Waals surface area contributed by atoms with Crippen molar-refractivity contribution in [3.63, 3.8) is 0 Å². The van der Waals surface area contributed by atoms with Crippen molar-refractivity contribution < 1.29 is 14.2 Å². The molecule has 144 valence electrons. The van der Waals surface area contributed by atoms with Crippen LogP contribution in [0.25, 0.3) is 0 Å². The molecule has 0 fully saturated rings. The van der Waals surface area contributed by atoms with Gasteiger partial charge in [-0.25, -0.2) is 0 Å². The summed E-state index contributed by atoms with van der Waals surface area (Å²) in [6.07, 6.45) is 22.5. The summed E-state index contributed by atoms with van der Waals surface area (Å²) in [5.41, 5.74) is 0. The Balaban J connectivity index is 3.32. The monoisotopic (exact) mass is 342 g/mol. The highest BCUT2D eigenvalue weighted by molar-refractivity contribution is 4.81. The number of hydrogen-bond acceptors (Lipinski definition) is 3. The molecule has 0 aromatic heterocycles. The quantitative estimate of drug-likeness (QED) is 0.159. The second-order valence-corrected chi connectivity index (χ2v) is 6.63. The Hall–Kier alpha value is -0.380. The van der Waals surface area contributed by atoms with E-state index in [9.17, 15) is 0 Å². The fourth-order valence-electron chi connectivity index (χ4n) is 2.97. The molecular weight excluding hydrogens is 300 g/mol. The van der Waals surface area contributed by atoms with Gasteiger partial charge in [-0.3, -0.25) is 0 Å². The topological polar surface area (TPSA) is 27.7 Å². The molecule has 0 atom stereocenters. The van der Waals surface area contributed by atoms with Crippen LogP contribution in [0.5, 0.6) is 0 Å². The summed E-state index contributed by atoms with van der Waals surface area (Å²) in [6.45, 7) is 2.27. The van der Waals surface area contributed by atoms with E-state index < -0.39 is 5.97 Å². The van der Waals surface area contributed by atoms with Crippen molar-refractivity contribution in [3.05, 3.63) is 12.2 Å². The molecule has 0 aromatic carbocycles. The van der Waals surface area contributed by atoms with Gasteiger partial charge in [-0.2, -0.15) is 0 Å². The van der Waals surface area contributed by atoms with Gasteiger partial charge in [0.2, 0.25) is 0 Å². The maximum atomic E-state index is 5.30. The van der Waals surface area contributed by atoms with Gasteiger partial charge in [0.25, 0.3) is 5.97 Å². The van der Waals surface area contributed by atoms with Gasteiger partial charge in [0.15, 0.2) is 0 Å². The van der Waals surface area contributed by atoms with E-state index >= 15 is 0 Å². The fourth-order valence-corrected chi connectivity index (χ4v) is 2.97. The average molecular weight is 343 g/mol. The molecule has 0 aliphatic heterocycles. The van der Waals surface area contributed by atoms with E-state index in [0.717, 1.165) is 12.8 Å².